The molecule has 1 aliphatic rings. The molecule has 0 fully saturated rings. The second kappa shape index (κ2) is 6.10. The Balaban J connectivity index is 1.90. The van der Waals surface area contributed by atoms with Crippen molar-refractivity contribution in [1.29, 1.82) is 0 Å². The Labute approximate surface area is 125 Å². The van der Waals surface area contributed by atoms with Gasteiger partial charge in [0.2, 0.25) is 0 Å². The van der Waals surface area contributed by atoms with Crippen molar-refractivity contribution in [1.82, 2.24) is 5.32 Å². The summed E-state index contributed by atoms with van der Waals surface area (Å²) in [4.78, 5) is 14.8. The van der Waals surface area contributed by atoms with Gasteiger partial charge in [-0.25, -0.2) is 0 Å². The number of fused-ring (bicyclic) bond motifs is 1. The molecule has 0 saturated heterocycles. The summed E-state index contributed by atoms with van der Waals surface area (Å²) in [7, 11) is 1.93. The number of rotatable bonds is 4. The van der Waals surface area contributed by atoms with Gasteiger partial charge in [0.1, 0.15) is 0 Å². The summed E-state index contributed by atoms with van der Waals surface area (Å²) in [5, 5.41) is 3.14. The summed E-state index contributed by atoms with van der Waals surface area (Å²) in [5.74, 6) is 0.117. The van der Waals surface area contributed by atoms with Crippen LogP contribution in [0.3, 0.4) is 0 Å². The minimum absolute atomic E-state index is 0.117. The SMILES string of the molecule is CNCCc1ccccc1C(=O)N1CCc2ccccc21. The zero-order valence-corrected chi connectivity index (χ0v) is 12.3. The number of para-hydroxylation sites is 1. The van der Waals surface area contributed by atoms with E-state index in [9.17, 15) is 4.79 Å². The van der Waals surface area contributed by atoms with E-state index >= 15 is 0 Å². The largest absolute Gasteiger partial charge is 0.319 e. The maximum absolute atomic E-state index is 12.9. The second-order valence-electron chi connectivity index (χ2n) is 5.35. The lowest BCUT2D eigenvalue weighted by Crippen LogP contribution is -2.30. The molecule has 1 N–H and O–H groups in total. The molecule has 0 bridgehead atoms. The number of carbonyl (C=O) groups excluding carboxylic acids is 1. The first-order valence-corrected chi connectivity index (χ1v) is 7.43. The van der Waals surface area contributed by atoms with E-state index in [-0.39, 0.29) is 5.91 Å². The number of anilines is 1. The quantitative estimate of drug-likeness (QED) is 0.934. The Bertz CT molecular complexity index is 651. The lowest BCUT2D eigenvalue weighted by atomic mass is 10.0. The van der Waals surface area contributed by atoms with Gasteiger partial charge in [0.15, 0.2) is 0 Å². The number of benzene rings is 2. The lowest BCUT2D eigenvalue weighted by Gasteiger charge is -2.19. The van der Waals surface area contributed by atoms with E-state index in [1.807, 2.05) is 54.4 Å². The second-order valence-corrected chi connectivity index (χ2v) is 5.35. The van der Waals surface area contributed by atoms with Crippen molar-refractivity contribution in [3.8, 4) is 0 Å². The van der Waals surface area contributed by atoms with Gasteiger partial charge >= 0.3 is 0 Å². The molecule has 0 aliphatic carbocycles. The predicted octanol–water partition coefficient (Wildman–Crippen LogP) is 2.65. The fourth-order valence-electron chi connectivity index (χ4n) is 2.90. The van der Waals surface area contributed by atoms with Gasteiger partial charge in [0.25, 0.3) is 5.91 Å². The number of hydrogen-bond donors (Lipinski definition) is 1. The van der Waals surface area contributed by atoms with Gasteiger partial charge in [-0.2, -0.15) is 0 Å². The normalized spacial score (nSPS) is 13.3. The Morgan fingerprint density at radius 3 is 2.76 bits per heavy atom. The van der Waals surface area contributed by atoms with Crippen molar-refractivity contribution < 1.29 is 4.79 Å². The number of amides is 1. The molecule has 3 heteroatoms. The van der Waals surface area contributed by atoms with Gasteiger partial charge in [0.05, 0.1) is 0 Å². The van der Waals surface area contributed by atoms with Crippen LogP contribution in [0.25, 0.3) is 0 Å². The standard InChI is InChI=1S/C18H20N2O/c1-19-12-10-14-6-2-4-8-16(14)18(21)20-13-11-15-7-3-5-9-17(15)20/h2-9,19H,10-13H2,1H3. The highest BCUT2D eigenvalue weighted by Gasteiger charge is 2.26. The van der Waals surface area contributed by atoms with Crippen LogP contribution in [0.1, 0.15) is 21.5 Å². The minimum atomic E-state index is 0.117. The van der Waals surface area contributed by atoms with E-state index < -0.39 is 0 Å². The third-order valence-corrected chi connectivity index (χ3v) is 4.02. The lowest BCUT2D eigenvalue weighted by molar-refractivity contribution is 0.0988. The van der Waals surface area contributed by atoms with Crippen LogP contribution in [0.4, 0.5) is 5.69 Å². The molecule has 0 saturated carbocycles. The van der Waals surface area contributed by atoms with E-state index in [2.05, 4.69) is 11.4 Å². The van der Waals surface area contributed by atoms with Crippen LogP contribution >= 0.6 is 0 Å². The van der Waals surface area contributed by atoms with E-state index in [0.29, 0.717) is 0 Å². The Kier molecular flexibility index (Phi) is 4.02. The highest BCUT2D eigenvalue weighted by Crippen LogP contribution is 2.29. The molecular formula is C18H20N2O. The summed E-state index contributed by atoms with van der Waals surface area (Å²) in [6.07, 6.45) is 1.81. The Hall–Kier alpha value is -2.13. The van der Waals surface area contributed by atoms with Crippen LogP contribution in [0, 0.1) is 0 Å². The predicted molar refractivity (Wildman–Crippen MR) is 85.9 cm³/mol. The van der Waals surface area contributed by atoms with E-state index in [1.54, 1.807) is 0 Å². The van der Waals surface area contributed by atoms with Crippen molar-refractivity contribution in [2.75, 3.05) is 25.0 Å². The van der Waals surface area contributed by atoms with Crippen LogP contribution in [0.15, 0.2) is 48.5 Å². The third-order valence-electron chi connectivity index (χ3n) is 4.02. The van der Waals surface area contributed by atoms with Crippen LogP contribution < -0.4 is 10.2 Å². The highest BCUT2D eigenvalue weighted by molar-refractivity contribution is 6.08. The average Bonchev–Trinajstić information content (AvgIpc) is 2.96. The van der Waals surface area contributed by atoms with E-state index in [0.717, 1.165) is 42.7 Å². The molecule has 108 valence electrons. The fraction of sp³-hybridized carbons (Fsp3) is 0.278. The van der Waals surface area contributed by atoms with Gasteiger partial charge < -0.3 is 10.2 Å². The van der Waals surface area contributed by atoms with Crippen LogP contribution in [-0.4, -0.2) is 26.0 Å². The maximum Gasteiger partial charge on any atom is 0.258 e. The minimum Gasteiger partial charge on any atom is -0.319 e. The molecule has 21 heavy (non-hydrogen) atoms. The van der Waals surface area contributed by atoms with Crippen molar-refractivity contribution in [2.24, 2.45) is 0 Å². The molecule has 1 amide bonds. The average molecular weight is 280 g/mol. The van der Waals surface area contributed by atoms with Crippen molar-refractivity contribution >= 4 is 11.6 Å². The van der Waals surface area contributed by atoms with Crippen molar-refractivity contribution in [3.05, 3.63) is 65.2 Å². The molecule has 2 aromatic rings. The number of likely N-dealkylation sites (N-methyl/N-ethyl adjacent to an activating group) is 1. The van der Waals surface area contributed by atoms with Crippen molar-refractivity contribution in [2.45, 2.75) is 12.8 Å². The molecule has 2 aromatic carbocycles. The maximum atomic E-state index is 12.9. The van der Waals surface area contributed by atoms with E-state index in [1.165, 1.54) is 5.56 Å². The van der Waals surface area contributed by atoms with Gasteiger partial charge in [-0.3, -0.25) is 4.79 Å². The molecule has 0 spiro atoms. The molecule has 1 heterocycles. The topological polar surface area (TPSA) is 32.3 Å². The zero-order chi connectivity index (χ0) is 14.7. The van der Waals surface area contributed by atoms with Gasteiger partial charge in [-0.05, 0) is 49.7 Å². The molecule has 0 unspecified atom stereocenters. The molecule has 0 aromatic heterocycles. The smallest absolute Gasteiger partial charge is 0.258 e. The molecule has 3 nitrogen and oxygen atoms in total. The molecule has 3 rings (SSSR count). The number of carbonyl (C=O) groups is 1. The third kappa shape index (κ3) is 2.69. The summed E-state index contributed by atoms with van der Waals surface area (Å²) >= 11 is 0. The number of hydrogen-bond acceptors (Lipinski definition) is 2. The van der Waals surface area contributed by atoms with Crippen LogP contribution in [-0.2, 0) is 12.8 Å². The summed E-state index contributed by atoms with van der Waals surface area (Å²) in [6.45, 7) is 1.65. The van der Waals surface area contributed by atoms with E-state index in [4.69, 9.17) is 0 Å². The van der Waals surface area contributed by atoms with Gasteiger partial charge in [-0.1, -0.05) is 36.4 Å². The van der Waals surface area contributed by atoms with Crippen LogP contribution in [0.2, 0.25) is 0 Å². The first-order chi connectivity index (χ1) is 10.3. The first-order valence-electron chi connectivity index (χ1n) is 7.43. The molecular weight excluding hydrogens is 260 g/mol. The molecule has 0 radical (unpaired) electrons. The van der Waals surface area contributed by atoms with Gasteiger partial charge in [0, 0.05) is 17.8 Å². The monoisotopic (exact) mass is 280 g/mol. The highest BCUT2D eigenvalue weighted by atomic mass is 16.2. The van der Waals surface area contributed by atoms with Crippen molar-refractivity contribution in [3.63, 3.8) is 0 Å². The fourth-order valence-corrected chi connectivity index (χ4v) is 2.90. The summed E-state index contributed by atoms with van der Waals surface area (Å²) < 4.78 is 0. The molecule has 0 atom stereocenters. The summed E-state index contributed by atoms with van der Waals surface area (Å²) in [6, 6.07) is 16.1. The van der Waals surface area contributed by atoms with Gasteiger partial charge in [-0.15, -0.1) is 0 Å². The summed E-state index contributed by atoms with van der Waals surface area (Å²) in [5.41, 5.74) is 4.26. The number of nitrogens with one attached hydrogen (secondary N) is 1. The van der Waals surface area contributed by atoms with Crippen LogP contribution in [0.5, 0.6) is 0 Å². The molecule has 1 aliphatic heterocycles. The zero-order valence-electron chi connectivity index (χ0n) is 12.3. The Morgan fingerprint density at radius 2 is 1.90 bits per heavy atom. The Morgan fingerprint density at radius 1 is 1.14 bits per heavy atom. The number of nitrogens with zero attached hydrogens (tertiary/aromatic N) is 1. The first kappa shape index (κ1) is 13.8.